The van der Waals surface area contributed by atoms with E-state index in [-0.39, 0.29) is 40.5 Å². The molecule has 6 nitrogen and oxygen atoms in total. The van der Waals surface area contributed by atoms with E-state index in [9.17, 15) is 14.7 Å². The lowest BCUT2D eigenvalue weighted by molar-refractivity contribution is -0.165. The van der Waals surface area contributed by atoms with Crippen LogP contribution in [0.2, 0.25) is 0 Å². The smallest absolute Gasteiger partial charge is 0.308 e. The van der Waals surface area contributed by atoms with E-state index in [1.165, 1.54) is 6.07 Å². The predicted molar refractivity (Wildman–Crippen MR) is 92.0 cm³/mol. The lowest BCUT2D eigenvalue weighted by Gasteiger charge is -2.39. The predicted octanol–water partition coefficient (Wildman–Crippen LogP) is 3.09. The number of benzene rings is 1. The Hall–Kier alpha value is -2.50. The molecule has 1 aromatic carbocycles. The Labute approximate surface area is 145 Å². The Kier molecular flexibility index (Phi) is 4.01. The van der Waals surface area contributed by atoms with Crippen LogP contribution in [0.15, 0.2) is 21.3 Å². The molecule has 1 N–H and O–H groups in total. The highest BCUT2D eigenvalue weighted by Gasteiger charge is 2.41. The minimum Gasteiger partial charge on any atom is -0.507 e. The van der Waals surface area contributed by atoms with Gasteiger partial charge in [0.2, 0.25) is 0 Å². The second-order valence-corrected chi connectivity index (χ2v) is 7.29. The van der Waals surface area contributed by atoms with E-state index in [2.05, 4.69) is 0 Å². The molecule has 134 valence electrons. The Morgan fingerprint density at radius 2 is 2.04 bits per heavy atom. The number of hydrogen-bond donors (Lipinski definition) is 1. The average molecular weight is 346 g/mol. The van der Waals surface area contributed by atoms with Gasteiger partial charge in [0, 0.05) is 24.1 Å². The van der Waals surface area contributed by atoms with Crippen molar-refractivity contribution in [3.05, 3.63) is 33.7 Å². The fourth-order valence-corrected chi connectivity index (χ4v) is 2.97. The first-order valence-corrected chi connectivity index (χ1v) is 8.29. The molecule has 0 bridgehead atoms. The molecule has 0 unspecified atom stereocenters. The summed E-state index contributed by atoms with van der Waals surface area (Å²) in [4.78, 5) is 24.2. The summed E-state index contributed by atoms with van der Waals surface area (Å²) >= 11 is 0. The van der Waals surface area contributed by atoms with Crippen molar-refractivity contribution in [2.24, 2.45) is 5.92 Å². The van der Waals surface area contributed by atoms with E-state index in [0.29, 0.717) is 17.1 Å². The zero-order valence-corrected chi connectivity index (χ0v) is 15.0. The monoisotopic (exact) mass is 346 g/mol. The molecule has 6 heteroatoms. The number of phenolic OH excluding ortho intramolecular Hbond substituents is 1. The van der Waals surface area contributed by atoms with Crippen LogP contribution in [0.5, 0.6) is 11.5 Å². The number of carbonyl (C=O) groups is 1. The fourth-order valence-electron chi connectivity index (χ4n) is 2.97. The van der Waals surface area contributed by atoms with E-state index in [1.807, 2.05) is 13.8 Å². The first kappa shape index (κ1) is 17.3. The molecule has 0 radical (unpaired) electrons. The molecule has 1 atom stereocenters. The van der Waals surface area contributed by atoms with Gasteiger partial charge in [0.15, 0.2) is 5.43 Å². The highest BCUT2D eigenvalue weighted by molar-refractivity contribution is 5.87. The second-order valence-electron chi connectivity index (χ2n) is 7.29. The van der Waals surface area contributed by atoms with Gasteiger partial charge >= 0.3 is 5.97 Å². The van der Waals surface area contributed by atoms with Crippen molar-refractivity contribution in [2.45, 2.75) is 52.7 Å². The van der Waals surface area contributed by atoms with Gasteiger partial charge in [-0.05, 0) is 20.8 Å². The van der Waals surface area contributed by atoms with Crippen molar-refractivity contribution in [2.75, 3.05) is 0 Å². The maximum Gasteiger partial charge on any atom is 0.308 e. The summed E-state index contributed by atoms with van der Waals surface area (Å²) in [5, 5.41) is 10.7. The van der Waals surface area contributed by atoms with Crippen LogP contribution in [0.1, 0.15) is 39.0 Å². The van der Waals surface area contributed by atoms with Crippen molar-refractivity contribution in [1.82, 2.24) is 0 Å². The minimum atomic E-state index is -0.776. The van der Waals surface area contributed by atoms with Gasteiger partial charge in [-0.1, -0.05) is 13.8 Å². The Bertz CT molecular complexity index is 906. The number of hydrogen-bond acceptors (Lipinski definition) is 6. The zero-order chi connectivity index (χ0) is 18.5. The van der Waals surface area contributed by atoms with Gasteiger partial charge < -0.3 is 19.0 Å². The molecule has 1 aliphatic heterocycles. The molecule has 0 saturated heterocycles. The lowest BCUT2D eigenvalue weighted by atomic mass is 9.89. The first-order valence-electron chi connectivity index (χ1n) is 8.29. The third kappa shape index (κ3) is 2.97. The van der Waals surface area contributed by atoms with Crippen LogP contribution in [-0.2, 0) is 16.0 Å². The number of aryl methyl sites for hydroxylation is 1. The van der Waals surface area contributed by atoms with Crippen LogP contribution in [0.4, 0.5) is 0 Å². The van der Waals surface area contributed by atoms with Gasteiger partial charge in [-0.2, -0.15) is 0 Å². The molecule has 2 heterocycles. The van der Waals surface area contributed by atoms with Crippen molar-refractivity contribution in [1.29, 1.82) is 0 Å². The molecule has 0 saturated carbocycles. The maximum absolute atomic E-state index is 12.2. The van der Waals surface area contributed by atoms with Crippen molar-refractivity contribution in [3.63, 3.8) is 0 Å². The van der Waals surface area contributed by atoms with Gasteiger partial charge in [0.25, 0.3) is 0 Å². The molecule has 0 aliphatic carbocycles. The van der Waals surface area contributed by atoms with Crippen molar-refractivity contribution >= 4 is 16.9 Å². The summed E-state index contributed by atoms with van der Waals surface area (Å²) in [6, 6.07) is 2.94. The molecule has 3 rings (SSSR count). The fraction of sp³-hybridized carbons (Fsp3) is 0.474. The van der Waals surface area contributed by atoms with Gasteiger partial charge in [-0.25, -0.2) is 0 Å². The maximum atomic E-state index is 12.2. The molecule has 1 aliphatic rings. The lowest BCUT2D eigenvalue weighted by Crippen LogP contribution is -2.49. The Morgan fingerprint density at radius 3 is 2.68 bits per heavy atom. The number of esters is 1. The summed E-state index contributed by atoms with van der Waals surface area (Å²) in [7, 11) is 0. The van der Waals surface area contributed by atoms with Crippen LogP contribution < -0.4 is 10.2 Å². The third-order valence-corrected chi connectivity index (χ3v) is 4.45. The van der Waals surface area contributed by atoms with Gasteiger partial charge in [0.1, 0.15) is 39.9 Å². The number of rotatable bonds is 2. The van der Waals surface area contributed by atoms with Gasteiger partial charge in [-0.15, -0.1) is 0 Å². The number of aromatic hydroxyl groups is 1. The Morgan fingerprint density at radius 1 is 1.36 bits per heavy atom. The second kappa shape index (κ2) is 5.79. The Balaban J connectivity index is 2.11. The van der Waals surface area contributed by atoms with Crippen LogP contribution in [0, 0.1) is 12.8 Å². The van der Waals surface area contributed by atoms with Crippen LogP contribution in [0.3, 0.4) is 0 Å². The number of ether oxygens (including phenoxy) is 2. The highest BCUT2D eigenvalue weighted by Crippen LogP contribution is 2.42. The summed E-state index contributed by atoms with van der Waals surface area (Å²) in [6.45, 7) is 8.82. The molecule has 0 amide bonds. The average Bonchev–Trinajstić information content (AvgIpc) is 2.47. The molecular formula is C19H22O6. The number of phenols is 1. The molecule has 25 heavy (non-hydrogen) atoms. The summed E-state index contributed by atoms with van der Waals surface area (Å²) in [5.74, 6) is 0.108. The normalized spacial score (nSPS) is 18.7. The SMILES string of the molecule is Cc1cc(=O)c2c(O)c3c(cc2o1)OC(C)(C)[C@@H](OC(=O)C(C)C)C3. The quantitative estimate of drug-likeness (QED) is 0.841. The summed E-state index contributed by atoms with van der Waals surface area (Å²) in [6.07, 6.45) is -0.314. The molecular weight excluding hydrogens is 324 g/mol. The van der Waals surface area contributed by atoms with E-state index < -0.39 is 11.7 Å². The van der Waals surface area contributed by atoms with Crippen LogP contribution in [0.25, 0.3) is 11.0 Å². The molecule has 2 aromatic rings. The van der Waals surface area contributed by atoms with E-state index >= 15 is 0 Å². The standard InChI is InChI=1S/C19H22O6/c1-9(2)18(22)24-15-7-11-13(25-19(15,4)5)8-14-16(17(11)21)12(20)6-10(3)23-14/h6,8-9,15,21H,7H2,1-5H3/t15-/m0/s1. The molecule has 0 fully saturated rings. The zero-order valence-electron chi connectivity index (χ0n) is 15.0. The van der Waals surface area contributed by atoms with Gasteiger partial charge in [0.05, 0.1) is 5.92 Å². The van der Waals surface area contributed by atoms with Crippen molar-refractivity contribution < 1.29 is 23.8 Å². The summed E-state index contributed by atoms with van der Waals surface area (Å²) in [5.41, 5.74) is -0.374. The van der Waals surface area contributed by atoms with E-state index in [1.54, 1.807) is 26.8 Å². The van der Waals surface area contributed by atoms with E-state index in [4.69, 9.17) is 13.9 Å². The van der Waals surface area contributed by atoms with Crippen LogP contribution in [-0.4, -0.2) is 22.8 Å². The van der Waals surface area contributed by atoms with Crippen LogP contribution >= 0.6 is 0 Å². The number of carbonyl (C=O) groups excluding carboxylic acids is 1. The number of fused-ring (bicyclic) bond motifs is 2. The van der Waals surface area contributed by atoms with E-state index in [0.717, 1.165) is 0 Å². The first-order chi connectivity index (χ1) is 11.6. The highest BCUT2D eigenvalue weighted by atomic mass is 16.6. The molecule has 0 spiro atoms. The topological polar surface area (TPSA) is 86.0 Å². The van der Waals surface area contributed by atoms with Crippen molar-refractivity contribution in [3.8, 4) is 11.5 Å². The summed E-state index contributed by atoms with van der Waals surface area (Å²) < 4.78 is 17.1. The third-order valence-electron chi connectivity index (χ3n) is 4.45. The van der Waals surface area contributed by atoms with Gasteiger partial charge in [-0.3, -0.25) is 9.59 Å². The minimum absolute atomic E-state index is 0.113. The largest absolute Gasteiger partial charge is 0.507 e. The molecule has 1 aromatic heterocycles.